The Morgan fingerprint density at radius 2 is 1.80 bits per heavy atom. The summed E-state index contributed by atoms with van der Waals surface area (Å²) in [4.78, 5) is 9.51. The second-order valence-electron chi connectivity index (χ2n) is 7.39. The molecular weight excluding hydrogens is 332 g/mol. The van der Waals surface area contributed by atoms with Crippen molar-refractivity contribution in [2.45, 2.75) is 64.3 Å². The molecule has 0 atom stereocenters. The summed E-state index contributed by atoms with van der Waals surface area (Å²) in [5, 5.41) is 7.81. The number of halogens is 1. The largest absolute Gasteiger partial charge is 0.351 e. The van der Waals surface area contributed by atoms with Gasteiger partial charge in [-0.1, -0.05) is 30.5 Å². The summed E-state index contributed by atoms with van der Waals surface area (Å²) in [6.07, 6.45) is 7.49. The number of aryl methyl sites for hydroxylation is 1. The van der Waals surface area contributed by atoms with Gasteiger partial charge in [-0.2, -0.15) is 4.98 Å². The van der Waals surface area contributed by atoms with Gasteiger partial charge in [-0.3, -0.25) is 0 Å². The highest BCUT2D eigenvalue weighted by atomic mass is 35.5. The summed E-state index contributed by atoms with van der Waals surface area (Å²) < 4.78 is 0. The molecule has 0 radical (unpaired) electrons. The van der Waals surface area contributed by atoms with Crippen LogP contribution in [0.3, 0.4) is 0 Å². The summed E-state index contributed by atoms with van der Waals surface area (Å²) in [6, 6.07) is 6.59. The molecule has 1 aromatic carbocycles. The van der Waals surface area contributed by atoms with Crippen molar-refractivity contribution < 1.29 is 0 Å². The predicted octanol–water partition coefficient (Wildman–Crippen LogP) is 5.72. The Morgan fingerprint density at radius 3 is 2.52 bits per heavy atom. The number of benzene rings is 1. The van der Waals surface area contributed by atoms with Gasteiger partial charge >= 0.3 is 0 Å². The summed E-state index contributed by atoms with van der Waals surface area (Å²) in [5.74, 6) is 2.20. The van der Waals surface area contributed by atoms with Gasteiger partial charge in [0, 0.05) is 28.7 Å². The molecule has 4 nitrogen and oxygen atoms in total. The average Bonchev–Trinajstić information content (AvgIpc) is 3.33. The Labute approximate surface area is 154 Å². The summed E-state index contributed by atoms with van der Waals surface area (Å²) >= 11 is 6.30. The van der Waals surface area contributed by atoms with E-state index < -0.39 is 0 Å². The zero-order valence-electron chi connectivity index (χ0n) is 14.9. The van der Waals surface area contributed by atoms with E-state index in [2.05, 4.69) is 23.6 Å². The lowest BCUT2D eigenvalue weighted by Gasteiger charge is -2.17. The molecule has 0 unspecified atom stereocenters. The first kappa shape index (κ1) is 16.6. The highest BCUT2D eigenvalue weighted by Crippen LogP contribution is 2.40. The number of anilines is 3. The third-order valence-electron chi connectivity index (χ3n) is 5.29. The Morgan fingerprint density at radius 1 is 1.04 bits per heavy atom. The lowest BCUT2D eigenvalue weighted by atomic mass is 10.1. The van der Waals surface area contributed by atoms with Crippen LogP contribution in [-0.4, -0.2) is 16.0 Å². The summed E-state index contributed by atoms with van der Waals surface area (Å²) in [5.41, 5.74) is 4.41. The van der Waals surface area contributed by atoms with Gasteiger partial charge in [-0.25, -0.2) is 4.98 Å². The highest BCUT2D eigenvalue weighted by molar-refractivity contribution is 6.31. The molecular formula is C20H25ClN4. The van der Waals surface area contributed by atoms with E-state index in [0.29, 0.717) is 12.0 Å². The minimum absolute atomic E-state index is 0.511. The first-order valence-electron chi connectivity index (χ1n) is 9.28. The molecule has 1 heterocycles. The van der Waals surface area contributed by atoms with Crippen molar-refractivity contribution in [2.75, 3.05) is 10.6 Å². The molecule has 2 aromatic rings. The van der Waals surface area contributed by atoms with Crippen molar-refractivity contribution in [3.8, 4) is 0 Å². The fraction of sp³-hybridized carbons (Fsp3) is 0.500. The van der Waals surface area contributed by atoms with E-state index in [9.17, 15) is 0 Å². The van der Waals surface area contributed by atoms with Gasteiger partial charge in [0.2, 0.25) is 5.95 Å². The summed E-state index contributed by atoms with van der Waals surface area (Å²) in [7, 11) is 0. The lowest BCUT2D eigenvalue weighted by molar-refractivity contribution is 0.742. The topological polar surface area (TPSA) is 49.8 Å². The second-order valence-corrected chi connectivity index (χ2v) is 7.80. The molecule has 2 aliphatic carbocycles. The maximum atomic E-state index is 6.30. The highest BCUT2D eigenvalue weighted by Gasteiger charge is 2.27. The minimum Gasteiger partial charge on any atom is -0.351 e. The molecule has 0 bridgehead atoms. The van der Waals surface area contributed by atoms with Crippen LogP contribution in [0.4, 0.5) is 17.5 Å². The van der Waals surface area contributed by atoms with Crippen LogP contribution in [0.15, 0.2) is 18.2 Å². The summed E-state index contributed by atoms with van der Waals surface area (Å²) in [6.45, 7) is 4.13. The Hall–Kier alpha value is -1.81. The molecule has 0 aliphatic heterocycles. The van der Waals surface area contributed by atoms with E-state index in [-0.39, 0.29) is 0 Å². The van der Waals surface area contributed by atoms with Gasteiger partial charge in [0.15, 0.2) is 0 Å². The number of aromatic nitrogens is 2. The van der Waals surface area contributed by atoms with E-state index in [1.54, 1.807) is 0 Å². The van der Waals surface area contributed by atoms with E-state index in [0.717, 1.165) is 33.7 Å². The van der Waals surface area contributed by atoms with Gasteiger partial charge in [-0.15, -0.1) is 0 Å². The Kier molecular flexibility index (Phi) is 4.55. The number of nitrogens with zero attached hydrogens (tertiary/aromatic N) is 2. The number of hydrogen-bond acceptors (Lipinski definition) is 4. The number of nitrogens with one attached hydrogen (secondary N) is 2. The van der Waals surface area contributed by atoms with Crippen LogP contribution >= 0.6 is 11.6 Å². The van der Waals surface area contributed by atoms with Gasteiger partial charge in [-0.05, 0) is 56.7 Å². The van der Waals surface area contributed by atoms with Crippen molar-refractivity contribution in [1.82, 2.24) is 9.97 Å². The normalized spacial score (nSPS) is 17.7. The molecule has 0 spiro atoms. The molecule has 2 N–H and O–H groups in total. The van der Waals surface area contributed by atoms with Crippen molar-refractivity contribution >= 4 is 29.1 Å². The van der Waals surface area contributed by atoms with Crippen LogP contribution in [0.1, 0.15) is 61.3 Å². The van der Waals surface area contributed by atoms with Gasteiger partial charge < -0.3 is 10.6 Å². The molecule has 0 amide bonds. The number of hydrogen-bond donors (Lipinski definition) is 2. The standard InChI is InChI=1S/C20H25ClN4/c1-12-7-10-16(21)13(2)19(12)24-18-11-17(14-8-9-14)23-20(25-18)22-15-5-3-4-6-15/h7,10-11,14-15H,3-6,8-9H2,1-2H3,(H2,22,23,24,25). The molecule has 1 aromatic heterocycles. The molecule has 5 heteroatoms. The van der Waals surface area contributed by atoms with Crippen LogP contribution in [0, 0.1) is 13.8 Å². The first-order valence-corrected chi connectivity index (χ1v) is 9.66. The van der Waals surface area contributed by atoms with Crippen molar-refractivity contribution in [2.24, 2.45) is 0 Å². The third-order valence-corrected chi connectivity index (χ3v) is 5.70. The monoisotopic (exact) mass is 356 g/mol. The SMILES string of the molecule is Cc1ccc(Cl)c(C)c1Nc1cc(C2CC2)nc(NC2CCCC2)n1. The molecule has 25 heavy (non-hydrogen) atoms. The van der Waals surface area contributed by atoms with Crippen molar-refractivity contribution in [3.05, 3.63) is 40.0 Å². The fourth-order valence-electron chi connectivity index (χ4n) is 3.58. The molecule has 4 rings (SSSR count). The van der Waals surface area contributed by atoms with Crippen molar-refractivity contribution in [3.63, 3.8) is 0 Å². The Bertz CT molecular complexity index is 780. The van der Waals surface area contributed by atoms with Crippen molar-refractivity contribution in [1.29, 1.82) is 0 Å². The van der Waals surface area contributed by atoms with E-state index in [4.69, 9.17) is 21.6 Å². The van der Waals surface area contributed by atoms with Gasteiger partial charge in [0.1, 0.15) is 5.82 Å². The zero-order chi connectivity index (χ0) is 17.4. The predicted molar refractivity (Wildman–Crippen MR) is 104 cm³/mol. The quantitative estimate of drug-likeness (QED) is 0.719. The van der Waals surface area contributed by atoms with Crippen LogP contribution in [-0.2, 0) is 0 Å². The first-order chi connectivity index (χ1) is 12.1. The fourth-order valence-corrected chi connectivity index (χ4v) is 3.74. The third kappa shape index (κ3) is 3.74. The maximum Gasteiger partial charge on any atom is 0.225 e. The van der Waals surface area contributed by atoms with E-state index >= 15 is 0 Å². The lowest BCUT2D eigenvalue weighted by Crippen LogP contribution is -2.17. The molecule has 0 saturated heterocycles. The van der Waals surface area contributed by atoms with Gasteiger partial charge in [0.25, 0.3) is 0 Å². The minimum atomic E-state index is 0.511. The van der Waals surface area contributed by atoms with Crippen LogP contribution in [0.25, 0.3) is 0 Å². The molecule has 132 valence electrons. The molecule has 2 saturated carbocycles. The van der Waals surface area contributed by atoms with E-state index in [1.807, 2.05) is 19.1 Å². The number of rotatable bonds is 5. The van der Waals surface area contributed by atoms with Gasteiger partial charge in [0.05, 0.1) is 5.69 Å². The molecule has 2 aliphatic rings. The molecule has 2 fully saturated rings. The van der Waals surface area contributed by atoms with Crippen LogP contribution < -0.4 is 10.6 Å². The Balaban J connectivity index is 1.64. The smallest absolute Gasteiger partial charge is 0.225 e. The van der Waals surface area contributed by atoms with Crippen LogP contribution in [0.5, 0.6) is 0 Å². The maximum absolute atomic E-state index is 6.30. The zero-order valence-corrected chi connectivity index (χ0v) is 15.7. The van der Waals surface area contributed by atoms with Crippen LogP contribution in [0.2, 0.25) is 5.02 Å². The average molecular weight is 357 g/mol. The van der Waals surface area contributed by atoms with E-state index in [1.165, 1.54) is 44.1 Å². The second kappa shape index (κ2) is 6.83.